The first-order chi connectivity index (χ1) is 15.0. The van der Waals surface area contributed by atoms with E-state index in [0.29, 0.717) is 11.1 Å². The number of hydrogen-bond donors (Lipinski definition) is 1. The summed E-state index contributed by atoms with van der Waals surface area (Å²) in [6.45, 7) is 1.96. The zero-order valence-electron chi connectivity index (χ0n) is 16.9. The highest BCUT2D eigenvalue weighted by Gasteiger charge is 2.24. The molecule has 3 rings (SSSR count). The van der Waals surface area contributed by atoms with Gasteiger partial charge >= 0.3 is 0 Å². The Labute approximate surface area is 179 Å². The van der Waals surface area contributed by atoms with E-state index in [1.54, 1.807) is 49.4 Å². The molecule has 0 radical (unpaired) electrons. The second-order valence-electron chi connectivity index (χ2n) is 6.91. The molecule has 0 aliphatic heterocycles. The molecular weight excluding hydrogens is 394 g/mol. The average molecular weight is 415 g/mol. The van der Waals surface area contributed by atoms with Crippen LogP contribution in [0.25, 0.3) is 0 Å². The monoisotopic (exact) mass is 415 g/mol. The van der Waals surface area contributed by atoms with Crippen LogP contribution >= 0.6 is 0 Å². The lowest BCUT2D eigenvalue weighted by Crippen LogP contribution is -2.34. The van der Waals surface area contributed by atoms with Crippen LogP contribution in [0.2, 0.25) is 0 Å². The number of nitro benzene ring substituents is 1. The predicted molar refractivity (Wildman–Crippen MR) is 118 cm³/mol. The summed E-state index contributed by atoms with van der Waals surface area (Å²) in [5.41, 5.74) is 1.66. The molecule has 1 unspecified atom stereocenters. The Morgan fingerprint density at radius 1 is 0.968 bits per heavy atom. The Balaban J connectivity index is 1.92. The van der Waals surface area contributed by atoms with Gasteiger partial charge in [0, 0.05) is 30.2 Å². The van der Waals surface area contributed by atoms with Gasteiger partial charge in [0.25, 0.3) is 17.5 Å². The highest BCUT2D eigenvalue weighted by molar-refractivity contribution is 6.42. The molecule has 0 aliphatic carbocycles. The van der Waals surface area contributed by atoms with Gasteiger partial charge in [-0.25, -0.2) is 4.99 Å². The third-order valence-corrected chi connectivity index (χ3v) is 4.76. The Morgan fingerprint density at radius 3 is 2.26 bits per heavy atom. The summed E-state index contributed by atoms with van der Waals surface area (Å²) in [7, 11) is 0. The van der Waals surface area contributed by atoms with E-state index >= 15 is 0 Å². The molecule has 0 heterocycles. The largest absolute Gasteiger partial charge is 0.347 e. The van der Waals surface area contributed by atoms with Gasteiger partial charge < -0.3 is 5.32 Å². The first kappa shape index (κ1) is 21.6. The van der Waals surface area contributed by atoms with Crippen molar-refractivity contribution in [3.63, 3.8) is 0 Å². The zero-order chi connectivity index (χ0) is 22.2. The molecule has 0 spiro atoms. The van der Waals surface area contributed by atoms with Crippen LogP contribution in [0.5, 0.6) is 0 Å². The van der Waals surface area contributed by atoms with Crippen molar-refractivity contribution in [3.05, 3.63) is 112 Å². The molecule has 1 N–H and O–H groups in total. The Hall–Kier alpha value is -4.13. The van der Waals surface area contributed by atoms with Crippen LogP contribution in [0.15, 0.2) is 89.9 Å². The van der Waals surface area contributed by atoms with Gasteiger partial charge in [0.05, 0.1) is 4.92 Å². The number of rotatable bonds is 7. The molecule has 3 aromatic rings. The zero-order valence-corrected chi connectivity index (χ0v) is 16.9. The molecule has 0 aliphatic rings. The lowest BCUT2D eigenvalue weighted by molar-refractivity contribution is -0.384. The lowest BCUT2D eigenvalue weighted by atomic mass is 9.94. The molecule has 156 valence electrons. The summed E-state index contributed by atoms with van der Waals surface area (Å²) in [4.78, 5) is 40.4. The fourth-order valence-electron chi connectivity index (χ4n) is 3.03. The first-order valence-corrected chi connectivity index (χ1v) is 9.70. The van der Waals surface area contributed by atoms with Crippen LogP contribution < -0.4 is 5.32 Å². The minimum atomic E-state index is -0.636. The van der Waals surface area contributed by atoms with E-state index in [9.17, 15) is 19.7 Å². The minimum Gasteiger partial charge on any atom is -0.347 e. The fraction of sp³-hybridized carbons (Fsp3) is 0.125. The van der Waals surface area contributed by atoms with Crippen molar-refractivity contribution in [2.45, 2.75) is 19.4 Å². The van der Waals surface area contributed by atoms with E-state index < -0.39 is 22.7 Å². The van der Waals surface area contributed by atoms with Crippen molar-refractivity contribution >= 4 is 23.2 Å². The van der Waals surface area contributed by atoms with Crippen LogP contribution in [0.3, 0.4) is 0 Å². The van der Waals surface area contributed by atoms with Gasteiger partial charge in [-0.05, 0) is 23.3 Å². The van der Waals surface area contributed by atoms with E-state index in [1.807, 2.05) is 30.3 Å². The van der Waals surface area contributed by atoms with Crippen molar-refractivity contribution in [2.75, 3.05) is 0 Å². The normalized spacial score (nSPS) is 12.1. The number of hydrogen-bond acceptors (Lipinski definition) is 4. The maximum Gasteiger partial charge on any atom is 0.277 e. The van der Waals surface area contributed by atoms with Crippen molar-refractivity contribution in [1.29, 1.82) is 0 Å². The van der Waals surface area contributed by atoms with Crippen LogP contribution in [-0.2, 0) is 11.3 Å². The first-order valence-electron chi connectivity index (χ1n) is 9.70. The van der Waals surface area contributed by atoms with E-state index in [2.05, 4.69) is 10.3 Å². The molecule has 2 amide bonds. The fourth-order valence-corrected chi connectivity index (χ4v) is 3.03. The number of nitrogens with one attached hydrogen (secondary N) is 1. The van der Waals surface area contributed by atoms with Crippen LogP contribution in [-0.4, -0.2) is 22.4 Å². The number of non-ortho nitro benzene ring substituents is 1. The van der Waals surface area contributed by atoms with Crippen LogP contribution in [0.1, 0.15) is 34.3 Å². The molecule has 7 nitrogen and oxygen atoms in total. The van der Waals surface area contributed by atoms with Gasteiger partial charge in [0.2, 0.25) is 0 Å². The lowest BCUT2D eigenvalue weighted by Gasteiger charge is -2.15. The second kappa shape index (κ2) is 10.1. The van der Waals surface area contributed by atoms with Gasteiger partial charge in [-0.3, -0.25) is 19.7 Å². The highest BCUT2D eigenvalue weighted by atomic mass is 16.6. The second-order valence-corrected chi connectivity index (χ2v) is 6.91. The average Bonchev–Trinajstić information content (AvgIpc) is 2.81. The Kier molecular flexibility index (Phi) is 7.01. The SMILES string of the molecule is CC(C(=NC(=O)c1ccccc1)C(=O)NCc1ccccc1)c1cccc([N+](=O)[O-])c1. The number of benzene rings is 3. The third kappa shape index (κ3) is 5.70. The van der Waals surface area contributed by atoms with Crippen LogP contribution in [0.4, 0.5) is 5.69 Å². The van der Waals surface area contributed by atoms with Crippen molar-refractivity contribution < 1.29 is 14.5 Å². The molecule has 0 aromatic heterocycles. The smallest absolute Gasteiger partial charge is 0.277 e. The number of nitrogens with zero attached hydrogens (tertiary/aromatic N) is 2. The summed E-state index contributed by atoms with van der Waals surface area (Å²) in [5, 5.41) is 13.9. The molecule has 3 aromatic carbocycles. The maximum atomic E-state index is 13.0. The van der Waals surface area contributed by atoms with E-state index in [1.165, 1.54) is 12.1 Å². The van der Waals surface area contributed by atoms with Crippen molar-refractivity contribution in [1.82, 2.24) is 5.32 Å². The quantitative estimate of drug-likeness (QED) is 0.353. The summed E-state index contributed by atoms with van der Waals surface area (Å²) in [5.74, 6) is -1.70. The molecule has 31 heavy (non-hydrogen) atoms. The highest BCUT2D eigenvalue weighted by Crippen LogP contribution is 2.23. The Bertz CT molecular complexity index is 1110. The molecule has 0 bridgehead atoms. The summed E-state index contributed by atoms with van der Waals surface area (Å²) < 4.78 is 0. The number of aliphatic imine (C=N–C) groups is 1. The maximum absolute atomic E-state index is 13.0. The number of carbonyl (C=O) groups is 2. The number of carbonyl (C=O) groups excluding carboxylic acids is 2. The van der Waals surface area contributed by atoms with Gasteiger partial charge in [-0.15, -0.1) is 0 Å². The van der Waals surface area contributed by atoms with Gasteiger partial charge in [0.15, 0.2) is 0 Å². The third-order valence-electron chi connectivity index (χ3n) is 4.76. The van der Waals surface area contributed by atoms with Crippen molar-refractivity contribution in [2.24, 2.45) is 4.99 Å². The van der Waals surface area contributed by atoms with Crippen molar-refractivity contribution in [3.8, 4) is 0 Å². The molecule has 7 heteroatoms. The summed E-state index contributed by atoms with van der Waals surface area (Å²) >= 11 is 0. The van der Waals surface area contributed by atoms with Gasteiger partial charge in [-0.2, -0.15) is 0 Å². The Morgan fingerprint density at radius 2 is 1.61 bits per heavy atom. The number of nitro groups is 1. The summed E-state index contributed by atoms with van der Waals surface area (Å²) in [6.07, 6.45) is 0. The van der Waals surface area contributed by atoms with Crippen LogP contribution in [0, 0.1) is 10.1 Å². The standard InChI is InChI=1S/C24H21N3O4/c1-17(20-13-8-14-21(15-20)27(30)31)22(26-23(28)19-11-6-3-7-12-19)24(29)25-16-18-9-4-2-5-10-18/h2-15,17H,16H2,1H3,(H,25,29). The van der Waals surface area contributed by atoms with E-state index in [0.717, 1.165) is 5.56 Å². The minimum absolute atomic E-state index is 0.00900. The molecule has 1 atom stereocenters. The summed E-state index contributed by atoms with van der Waals surface area (Å²) in [6, 6.07) is 23.7. The van der Waals surface area contributed by atoms with Gasteiger partial charge in [-0.1, -0.05) is 67.6 Å². The van der Waals surface area contributed by atoms with Gasteiger partial charge in [0.1, 0.15) is 5.71 Å². The van der Waals surface area contributed by atoms with E-state index in [4.69, 9.17) is 0 Å². The molecular formula is C24H21N3O4. The number of amides is 2. The molecule has 0 saturated heterocycles. The molecule has 0 fully saturated rings. The van der Waals surface area contributed by atoms with E-state index in [-0.39, 0.29) is 17.9 Å². The predicted octanol–water partition coefficient (Wildman–Crippen LogP) is 4.30. The molecule has 0 saturated carbocycles. The topological polar surface area (TPSA) is 102 Å².